The fourth-order valence-corrected chi connectivity index (χ4v) is 3.23. The lowest BCUT2D eigenvalue weighted by atomic mass is 9.75. The van der Waals surface area contributed by atoms with Crippen LogP contribution in [-0.2, 0) is 23.8 Å². The maximum absolute atomic E-state index is 13.1. The van der Waals surface area contributed by atoms with E-state index in [2.05, 4.69) is 0 Å². The first kappa shape index (κ1) is 20.5. The van der Waals surface area contributed by atoms with Gasteiger partial charge in [-0.25, -0.2) is 14.4 Å². The summed E-state index contributed by atoms with van der Waals surface area (Å²) in [5, 5.41) is 0. The summed E-state index contributed by atoms with van der Waals surface area (Å²) in [4.78, 5) is 40.0. The molecule has 1 heterocycles. The molecule has 0 N–H and O–H groups in total. The summed E-state index contributed by atoms with van der Waals surface area (Å²) >= 11 is 0. The highest BCUT2D eigenvalue weighted by Crippen LogP contribution is 2.40. The van der Waals surface area contributed by atoms with Gasteiger partial charge in [0.2, 0.25) is 0 Å². The summed E-state index contributed by atoms with van der Waals surface area (Å²) < 4.78 is 15.6. The van der Waals surface area contributed by atoms with Crippen LogP contribution in [0.15, 0.2) is 42.5 Å². The number of rotatable bonds is 6. The number of ether oxygens (including phenoxy) is 3. The number of benzene rings is 1. The fraction of sp³-hybridized carbons (Fsp3) is 0.450. The van der Waals surface area contributed by atoms with Crippen molar-refractivity contribution < 1.29 is 28.6 Å². The van der Waals surface area contributed by atoms with E-state index in [1.165, 1.54) is 0 Å². The van der Waals surface area contributed by atoms with Crippen molar-refractivity contribution in [1.29, 1.82) is 0 Å². The number of nitrogens with zero attached hydrogens (tertiary/aromatic N) is 1. The van der Waals surface area contributed by atoms with Crippen molar-refractivity contribution in [2.75, 3.05) is 26.4 Å². The van der Waals surface area contributed by atoms with Crippen LogP contribution in [0.1, 0.15) is 32.3 Å². The van der Waals surface area contributed by atoms with E-state index in [0.717, 1.165) is 4.90 Å². The van der Waals surface area contributed by atoms with Crippen molar-refractivity contribution in [1.82, 2.24) is 4.90 Å². The van der Waals surface area contributed by atoms with Crippen LogP contribution in [0.2, 0.25) is 0 Å². The molecule has 0 aromatic heterocycles. The predicted octanol–water partition coefficient (Wildman–Crippen LogP) is 2.66. The molecule has 1 aromatic rings. The lowest BCUT2D eigenvalue weighted by Gasteiger charge is -2.44. The third-order valence-corrected chi connectivity index (χ3v) is 4.31. The number of amides is 1. The Labute approximate surface area is 158 Å². The first-order valence-corrected chi connectivity index (χ1v) is 9.04. The minimum Gasteiger partial charge on any atom is -0.464 e. The summed E-state index contributed by atoms with van der Waals surface area (Å²) in [5.74, 6) is -2.45. The van der Waals surface area contributed by atoms with Crippen LogP contribution in [-0.4, -0.2) is 54.8 Å². The van der Waals surface area contributed by atoms with Crippen LogP contribution in [0.4, 0.5) is 4.79 Å². The van der Waals surface area contributed by atoms with Crippen LogP contribution in [0.25, 0.3) is 0 Å². The Kier molecular flexibility index (Phi) is 6.98. The van der Waals surface area contributed by atoms with Gasteiger partial charge in [0.05, 0.1) is 19.8 Å². The minimum atomic E-state index is -1.99. The molecule has 0 saturated carbocycles. The van der Waals surface area contributed by atoms with E-state index in [1.54, 1.807) is 57.2 Å². The van der Waals surface area contributed by atoms with Crippen LogP contribution < -0.4 is 0 Å². The Hall–Kier alpha value is -2.83. The normalized spacial score (nSPS) is 17.9. The number of hydrogen-bond acceptors (Lipinski definition) is 6. The van der Waals surface area contributed by atoms with Crippen molar-refractivity contribution >= 4 is 18.0 Å². The van der Waals surface area contributed by atoms with Gasteiger partial charge in [0.1, 0.15) is 0 Å². The molecule has 0 saturated heterocycles. The monoisotopic (exact) mass is 375 g/mol. The standard InChI is InChI=1S/C20H25NO6/c1-4-25-17(22)20(18(23)26-5-2)16(15-11-8-7-9-12-15)13-10-14-21(20)19(24)27-6-3/h7-13,16H,4-6,14H2,1-3H3. The Morgan fingerprint density at radius 3 is 2.04 bits per heavy atom. The van der Waals surface area contributed by atoms with Crippen molar-refractivity contribution in [3.8, 4) is 0 Å². The second-order valence-corrected chi connectivity index (χ2v) is 5.83. The summed E-state index contributed by atoms with van der Waals surface area (Å²) in [6.45, 7) is 5.19. The Bertz CT molecular complexity index is 682. The van der Waals surface area contributed by atoms with Gasteiger partial charge in [0, 0.05) is 12.5 Å². The molecule has 7 nitrogen and oxygen atoms in total. The average molecular weight is 375 g/mol. The molecule has 7 heteroatoms. The van der Waals surface area contributed by atoms with E-state index in [1.807, 2.05) is 6.07 Å². The molecular weight excluding hydrogens is 350 g/mol. The molecule has 1 aromatic carbocycles. The van der Waals surface area contributed by atoms with Crippen molar-refractivity contribution in [2.45, 2.75) is 32.2 Å². The molecule has 1 aliphatic heterocycles. The summed E-state index contributed by atoms with van der Waals surface area (Å²) in [6.07, 6.45) is 2.69. The third kappa shape index (κ3) is 3.82. The number of carbonyl (C=O) groups is 3. The van der Waals surface area contributed by atoms with E-state index in [9.17, 15) is 14.4 Å². The van der Waals surface area contributed by atoms with Gasteiger partial charge in [0.15, 0.2) is 0 Å². The zero-order chi connectivity index (χ0) is 19.9. The van der Waals surface area contributed by atoms with Gasteiger partial charge in [-0.1, -0.05) is 42.5 Å². The van der Waals surface area contributed by atoms with Crippen molar-refractivity contribution in [3.63, 3.8) is 0 Å². The van der Waals surface area contributed by atoms with Gasteiger partial charge in [0.25, 0.3) is 5.54 Å². The quantitative estimate of drug-likeness (QED) is 0.329. The second kappa shape index (κ2) is 9.21. The molecule has 1 atom stereocenters. The van der Waals surface area contributed by atoms with Gasteiger partial charge in [-0.15, -0.1) is 0 Å². The Balaban J connectivity index is 2.70. The molecule has 2 rings (SSSR count). The van der Waals surface area contributed by atoms with Crippen LogP contribution in [0.3, 0.4) is 0 Å². The molecule has 0 bridgehead atoms. The molecule has 0 aliphatic carbocycles. The highest BCUT2D eigenvalue weighted by Gasteiger charge is 2.62. The molecular formula is C20H25NO6. The van der Waals surface area contributed by atoms with E-state index < -0.39 is 29.5 Å². The van der Waals surface area contributed by atoms with E-state index in [-0.39, 0.29) is 26.4 Å². The summed E-state index contributed by atoms with van der Waals surface area (Å²) in [5.41, 5.74) is -1.31. The number of carbonyl (C=O) groups excluding carboxylic acids is 3. The Morgan fingerprint density at radius 1 is 0.963 bits per heavy atom. The SMILES string of the molecule is CCOC(=O)N1CC=CC(c2ccccc2)C1(C(=O)OCC)C(=O)OCC. The number of esters is 2. The molecule has 1 amide bonds. The van der Waals surface area contributed by atoms with Crippen LogP contribution >= 0.6 is 0 Å². The lowest BCUT2D eigenvalue weighted by molar-refractivity contribution is -0.175. The zero-order valence-electron chi connectivity index (χ0n) is 15.8. The molecule has 0 radical (unpaired) electrons. The van der Waals surface area contributed by atoms with Gasteiger partial charge in [-0.2, -0.15) is 0 Å². The maximum atomic E-state index is 13.1. The lowest BCUT2D eigenvalue weighted by Crippen LogP contribution is -2.67. The predicted molar refractivity (Wildman–Crippen MR) is 98.0 cm³/mol. The summed E-state index contributed by atoms with van der Waals surface area (Å²) in [7, 11) is 0. The van der Waals surface area contributed by atoms with Crippen LogP contribution in [0, 0.1) is 0 Å². The molecule has 1 aliphatic rings. The average Bonchev–Trinajstić information content (AvgIpc) is 2.68. The van der Waals surface area contributed by atoms with Crippen molar-refractivity contribution in [2.24, 2.45) is 0 Å². The van der Waals surface area contributed by atoms with Gasteiger partial charge >= 0.3 is 18.0 Å². The second-order valence-electron chi connectivity index (χ2n) is 5.83. The highest BCUT2D eigenvalue weighted by molar-refractivity contribution is 6.09. The fourth-order valence-electron chi connectivity index (χ4n) is 3.23. The third-order valence-electron chi connectivity index (χ3n) is 4.31. The largest absolute Gasteiger partial charge is 0.464 e. The number of hydrogen-bond donors (Lipinski definition) is 0. The zero-order valence-corrected chi connectivity index (χ0v) is 15.8. The minimum absolute atomic E-state index is 0.0276. The molecule has 0 spiro atoms. The smallest absolute Gasteiger partial charge is 0.411 e. The van der Waals surface area contributed by atoms with Gasteiger partial charge in [-0.3, -0.25) is 4.90 Å². The topological polar surface area (TPSA) is 82.1 Å². The van der Waals surface area contributed by atoms with Crippen LogP contribution in [0.5, 0.6) is 0 Å². The molecule has 27 heavy (non-hydrogen) atoms. The van der Waals surface area contributed by atoms with E-state index in [4.69, 9.17) is 14.2 Å². The molecule has 146 valence electrons. The Morgan fingerprint density at radius 2 is 1.52 bits per heavy atom. The molecule has 1 unspecified atom stereocenters. The first-order chi connectivity index (χ1) is 13.0. The van der Waals surface area contributed by atoms with Gasteiger partial charge < -0.3 is 14.2 Å². The maximum Gasteiger partial charge on any atom is 0.411 e. The summed E-state index contributed by atoms with van der Waals surface area (Å²) in [6, 6.07) is 9.00. The van der Waals surface area contributed by atoms with E-state index in [0.29, 0.717) is 5.56 Å². The highest BCUT2D eigenvalue weighted by atomic mass is 16.6. The van der Waals surface area contributed by atoms with Gasteiger partial charge in [-0.05, 0) is 26.3 Å². The first-order valence-electron chi connectivity index (χ1n) is 9.04. The molecule has 0 fully saturated rings. The van der Waals surface area contributed by atoms with E-state index >= 15 is 0 Å². The van der Waals surface area contributed by atoms with Crippen molar-refractivity contribution in [3.05, 3.63) is 48.0 Å².